The van der Waals surface area contributed by atoms with Crippen molar-refractivity contribution >= 4 is 17.5 Å². The van der Waals surface area contributed by atoms with E-state index in [1.54, 1.807) is 19.2 Å². The molecular formula is C21H26N2O4. The zero-order valence-corrected chi connectivity index (χ0v) is 16.2. The van der Waals surface area contributed by atoms with Crippen molar-refractivity contribution in [1.82, 2.24) is 5.32 Å². The summed E-state index contributed by atoms with van der Waals surface area (Å²) < 4.78 is 10.7. The van der Waals surface area contributed by atoms with Crippen LogP contribution in [-0.4, -0.2) is 38.6 Å². The molecule has 0 fully saturated rings. The highest BCUT2D eigenvalue weighted by Crippen LogP contribution is 2.19. The third-order valence-corrected chi connectivity index (χ3v) is 3.95. The predicted molar refractivity (Wildman–Crippen MR) is 105 cm³/mol. The fourth-order valence-electron chi connectivity index (χ4n) is 2.72. The van der Waals surface area contributed by atoms with E-state index in [0.29, 0.717) is 18.9 Å². The van der Waals surface area contributed by atoms with E-state index in [4.69, 9.17) is 9.47 Å². The standard InChI is InChI=1S/C21H26N2O4/c1-15-11-16(2)13-18(12-15)23(17(3)24)14-21(25)22-9-10-27-20-7-5-19(26-4)6-8-20/h5-8,11-13H,9-10,14H2,1-4H3,(H,22,25). The first-order valence-electron chi connectivity index (χ1n) is 8.79. The molecule has 0 saturated heterocycles. The summed E-state index contributed by atoms with van der Waals surface area (Å²) in [6, 6.07) is 13.0. The molecular weight excluding hydrogens is 344 g/mol. The van der Waals surface area contributed by atoms with Gasteiger partial charge >= 0.3 is 0 Å². The van der Waals surface area contributed by atoms with Gasteiger partial charge in [-0.3, -0.25) is 9.59 Å². The molecule has 0 unspecified atom stereocenters. The maximum absolute atomic E-state index is 12.2. The van der Waals surface area contributed by atoms with Crippen LogP contribution in [0.15, 0.2) is 42.5 Å². The summed E-state index contributed by atoms with van der Waals surface area (Å²) in [6.45, 7) is 6.04. The highest BCUT2D eigenvalue weighted by atomic mass is 16.5. The average molecular weight is 370 g/mol. The van der Waals surface area contributed by atoms with Crippen LogP contribution in [0.2, 0.25) is 0 Å². The van der Waals surface area contributed by atoms with Gasteiger partial charge in [0.1, 0.15) is 24.7 Å². The number of ether oxygens (including phenoxy) is 2. The third-order valence-electron chi connectivity index (χ3n) is 3.95. The molecule has 0 saturated carbocycles. The van der Waals surface area contributed by atoms with E-state index in [1.807, 2.05) is 44.2 Å². The van der Waals surface area contributed by atoms with Gasteiger partial charge in [-0.2, -0.15) is 0 Å². The summed E-state index contributed by atoms with van der Waals surface area (Å²) in [5.41, 5.74) is 2.82. The Balaban J connectivity index is 1.84. The molecule has 0 atom stereocenters. The minimum absolute atomic E-state index is 0.0270. The summed E-state index contributed by atoms with van der Waals surface area (Å²) in [6.07, 6.45) is 0. The Morgan fingerprint density at radius 2 is 1.59 bits per heavy atom. The molecule has 0 heterocycles. The highest BCUT2D eigenvalue weighted by molar-refractivity contribution is 5.97. The first kappa shape index (κ1) is 20.3. The Hall–Kier alpha value is -3.02. The van der Waals surface area contributed by atoms with Crippen LogP contribution in [0.1, 0.15) is 18.1 Å². The van der Waals surface area contributed by atoms with Gasteiger partial charge < -0.3 is 19.7 Å². The quantitative estimate of drug-likeness (QED) is 0.726. The van der Waals surface area contributed by atoms with Gasteiger partial charge in [0.2, 0.25) is 11.8 Å². The molecule has 0 aliphatic heterocycles. The summed E-state index contributed by atoms with van der Waals surface area (Å²) in [7, 11) is 1.60. The van der Waals surface area contributed by atoms with Crippen molar-refractivity contribution in [3.05, 3.63) is 53.6 Å². The summed E-state index contributed by atoms with van der Waals surface area (Å²) >= 11 is 0. The first-order chi connectivity index (χ1) is 12.9. The van der Waals surface area contributed by atoms with Crippen molar-refractivity contribution in [3.63, 3.8) is 0 Å². The molecule has 2 aromatic carbocycles. The van der Waals surface area contributed by atoms with E-state index >= 15 is 0 Å². The molecule has 2 rings (SSSR count). The Morgan fingerprint density at radius 1 is 1.00 bits per heavy atom. The Bertz CT molecular complexity index is 767. The summed E-state index contributed by atoms with van der Waals surface area (Å²) in [4.78, 5) is 25.7. The maximum atomic E-state index is 12.2. The number of aryl methyl sites for hydroxylation is 2. The fraction of sp³-hybridized carbons (Fsp3) is 0.333. The third kappa shape index (κ3) is 6.33. The molecule has 6 heteroatoms. The number of methoxy groups -OCH3 is 1. The molecule has 144 valence electrons. The minimum atomic E-state index is -0.234. The molecule has 0 aliphatic rings. The number of carbonyl (C=O) groups excluding carboxylic acids is 2. The molecule has 2 aromatic rings. The number of nitrogens with zero attached hydrogens (tertiary/aromatic N) is 1. The van der Waals surface area contributed by atoms with Crippen LogP contribution in [0, 0.1) is 13.8 Å². The van der Waals surface area contributed by atoms with Gasteiger partial charge in [-0.05, 0) is 61.4 Å². The van der Waals surface area contributed by atoms with Gasteiger partial charge in [-0.1, -0.05) is 6.07 Å². The molecule has 2 amide bonds. The molecule has 0 aliphatic carbocycles. The minimum Gasteiger partial charge on any atom is -0.497 e. The molecule has 0 radical (unpaired) electrons. The van der Waals surface area contributed by atoms with Crippen LogP contribution in [-0.2, 0) is 9.59 Å². The van der Waals surface area contributed by atoms with E-state index in [9.17, 15) is 9.59 Å². The zero-order chi connectivity index (χ0) is 19.8. The summed E-state index contributed by atoms with van der Waals surface area (Å²) in [5, 5.41) is 2.78. The van der Waals surface area contributed by atoms with Crippen molar-refractivity contribution in [3.8, 4) is 11.5 Å². The van der Waals surface area contributed by atoms with Gasteiger partial charge in [0.15, 0.2) is 0 Å². The maximum Gasteiger partial charge on any atom is 0.240 e. The van der Waals surface area contributed by atoms with Gasteiger partial charge in [-0.15, -0.1) is 0 Å². The van der Waals surface area contributed by atoms with Gasteiger partial charge in [0, 0.05) is 12.6 Å². The lowest BCUT2D eigenvalue weighted by atomic mass is 10.1. The number of carbonyl (C=O) groups is 2. The number of benzene rings is 2. The molecule has 1 N–H and O–H groups in total. The lowest BCUT2D eigenvalue weighted by Gasteiger charge is -2.21. The topological polar surface area (TPSA) is 67.9 Å². The molecule has 0 spiro atoms. The molecule has 0 aromatic heterocycles. The second kappa shape index (κ2) is 9.62. The van der Waals surface area contributed by atoms with E-state index < -0.39 is 0 Å². The monoisotopic (exact) mass is 370 g/mol. The number of hydrogen-bond donors (Lipinski definition) is 1. The lowest BCUT2D eigenvalue weighted by Crippen LogP contribution is -2.41. The molecule has 27 heavy (non-hydrogen) atoms. The van der Waals surface area contributed by atoms with Crippen molar-refractivity contribution in [2.45, 2.75) is 20.8 Å². The van der Waals surface area contributed by atoms with Crippen LogP contribution < -0.4 is 19.7 Å². The van der Waals surface area contributed by atoms with Crippen LogP contribution in [0.5, 0.6) is 11.5 Å². The van der Waals surface area contributed by atoms with Gasteiger partial charge in [0.05, 0.1) is 13.7 Å². The number of anilines is 1. The van der Waals surface area contributed by atoms with Crippen LogP contribution >= 0.6 is 0 Å². The van der Waals surface area contributed by atoms with Crippen LogP contribution in [0.4, 0.5) is 5.69 Å². The number of amides is 2. The first-order valence-corrected chi connectivity index (χ1v) is 8.79. The number of nitrogens with one attached hydrogen (secondary N) is 1. The molecule has 6 nitrogen and oxygen atoms in total. The SMILES string of the molecule is COc1ccc(OCCNC(=O)CN(C(C)=O)c2cc(C)cc(C)c2)cc1. The van der Waals surface area contributed by atoms with E-state index in [0.717, 1.165) is 22.6 Å². The fourth-order valence-corrected chi connectivity index (χ4v) is 2.72. The number of rotatable bonds is 8. The van der Waals surface area contributed by atoms with E-state index in [1.165, 1.54) is 11.8 Å². The van der Waals surface area contributed by atoms with Crippen LogP contribution in [0.3, 0.4) is 0 Å². The smallest absolute Gasteiger partial charge is 0.240 e. The Labute approximate surface area is 160 Å². The zero-order valence-electron chi connectivity index (χ0n) is 16.2. The lowest BCUT2D eigenvalue weighted by molar-refractivity contribution is -0.123. The highest BCUT2D eigenvalue weighted by Gasteiger charge is 2.16. The van der Waals surface area contributed by atoms with Crippen molar-refractivity contribution in [2.75, 3.05) is 31.7 Å². The van der Waals surface area contributed by atoms with Crippen molar-refractivity contribution in [1.29, 1.82) is 0 Å². The van der Waals surface area contributed by atoms with Crippen molar-refractivity contribution < 1.29 is 19.1 Å². The predicted octanol–water partition coefficient (Wildman–Crippen LogP) is 2.86. The van der Waals surface area contributed by atoms with Crippen LogP contribution in [0.25, 0.3) is 0 Å². The second-order valence-corrected chi connectivity index (χ2v) is 6.33. The van der Waals surface area contributed by atoms with E-state index in [2.05, 4.69) is 5.32 Å². The van der Waals surface area contributed by atoms with Crippen molar-refractivity contribution in [2.24, 2.45) is 0 Å². The normalized spacial score (nSPS) is 10.2. The Kier molecular flexibility index (Phi) is 7.23. The Morgan fingerprint density at radius 3 is 2.15 bits per heavy atom. The average Bonchev–Trinajstić information content (AvgIpc) is 2.62. The second-order valence-electron chi connectivity index (χ2n) is 6.33. The van der Waals surface area contributed by atoms with Gasteiger partial charge in [-0.25, -0.2) is 0 Å². The van der Waals surface area contributed by atoms with E-state index in [-0.39, 0.29) is 18.4 Å². The molecule has 0 bridgehead atoms. The largest absolute Gasteiger partial charge is 0.497 e. The number of hydrogen-bond acceptors (Lipinski definition) is 4. The summed E-state index contributed by atoms with van der Waals surface area (Å²) in [5.74, 6) is 1.05. The van der Waals surface area contributed by atoms with Gasteiger partial charge in [0.25, 0.3) is 0 Å².